The van der Waals surface area contributed by atoms with Gasteiger partial charge in [-0.05, 0) is 25.1 Å². The third-order valence-corrected chi connectivity index (χ3v) is 4.48. The van der Waals surface area contributed by atoms with Gasteiger partial charge in [0.15, 0.2) is 0 Å². The number of aromatic nitrogens is 1. The van der Waals surface area contributed by atoms with Gasteiger partial charge in [0.25, 0.3) is 0 Å². The third kappa shape index (κ3) is 4.62. The number of anilines is 2. The molecule has 1 N–H and O–H groups in total. The molecule has 5 heteroatoms. The lowest BCUT2D eigenvalue weighted by Crippen LogP contribution is -2.47. The van der Waals surface area contributed by atoms with Crippen molar-refractivity contribution in [2.75, 3.05) is 31.5 Å². The molecule has 0 radical (unpaired) electrons. The Morgan fingerprint density at radius 2 is 1.92 bits per heavy atom. The molecule has 26 heavy (non-hydrogen) atoms. The van der Waals surface area contributed by atoms with Crippen molar-refractivity contribution in [3.05, 3.63) is 53.7 Å². The zero-order valence-electron chi connectivity index (χ0n) is 15.3. The maximum absolute atomic E-state index is 11.5. The van der Waals surface area contributed by atoms with Crippen LogP contribution < -0.4 is 5.32 Å². The highest BCUT2D eigenvalue weighted by atomic mass is 16.2. The zero-order chi connectivity index (χ0) is 18.4. The standard InChI is InChI=1S/C21H24N4O/c1-3-7-18-14-19(16-24-10-12-25(13-11-24)17(2)26)21(22-15-18)23-20-8-5-4-6-9-20/h4-6,8-9,14-15H,10-13,16H2,1-2H3,(H,22,23). The van der Waals surface area contributed by atoms with Gasteiger partial charge in [-0.2, -0.15) is 0 Å². The molecule has 5 nitrogen and oxygen atoms in total. The number of nitrogens with one attached hydrogen (secondary N) is 1. The van der Waals surface area contributed by atoms with E-state index < -0.39 is 0 Å². The molecule has 1 aliphatic rings. The highest BCUT2D eigenvalue weighted by Gasteiger charge is 2.19. The van der Waals surface area contributed by atoms with Crippen LogP contribution in [0.1, 0.15) is 25.0 Å². The predicted molar refractivity (Wildman–Crippen MR) is 104 cm³/mol. The third-order valence-electron chi connectivity index (χ3n) is 4.48. The summed E-state index contributed by atoms with van der Waals surface area (Å²) in [4.78, 5) is 20.4. The van der Waals surface area contributed by atoms with Crippen LogP contribution in [0.4, 0.5) is 11.5 Å². The largest absolute Gasteiger partial charge is 0.340 e. The molecule has 1 fully saturated rings. The molecule has 3 rings (SSSR count). The minimum absolute atomic E-state index is 0.151. The quantitative estimate of drug-likeness (QED) is 0.863. The van der Waals surface area contributed by atoms with Gasteiger partial charge in [0, 0.05) is 62.7 Å². The molecule has 1 amide bonds. The molecule has 0 atom stereocenters. The number of nitrogens with zero attached hydrogens (tertiary/aromatic N) is 3. The first-order valence-electron chi connectivity index (χ1n) is 8.87. The number of piperazine rings is 1. The van der Waals surface area contributed by atoms with Gasteiger partial charge in [-0.15, -0.1) is 5.92 Å². The van der Waals surface area contributed by atoms with E-state index in [0.29, 0.717) is 0 Å². The SMILES string of the molecule is CC#Cc1cnc(Nc2ccccc2)c(CN2CCN(C(C)=O)CC2)c1. The Labute approximate surface area is 155 Å². The average Bonchev–Trinajstić information content (AvgIpc) is 2.65. The Bertz CT molecular complexity index is 815. The van der Waals surface area contributed by atoms with Crippen LogP contribution in [-0.4, -0.2) is 46.9 Å². The van der Waals surface area contributed by atoms with E-state index in [1.165, 1.54) is 0 Å². The normalized spacial score (nSPS) is 14.5. The smallest absolute Gasteiger partial charge is 0.219 e. The first-order chi connectivity index (χ1) is 12.7. The van der Waals surface area contributed by atoms with Crippen molar-refractivity contribution in [1.82, 2.24) is 14.8 Å². The summed E-state index contributed by atoms with van der Waals surface area (Å²) in [6, 6.07) is 12.1. The molecule has 0 spiro atoms. The second-order valence-electron chi connectivity index (χ2n) is 6.38. The van der Waals surface area contributed by atoms with Gasteiger partial charge in [0.1, 0.15) is 5.82 Å². The maximum Gasteiger partial charge on any atom is 0.219 e. The molecule has 0 saturated carbocycles. The number of carbonyl (C=O) groups is 1. The minimum Gasteiger partial charge on any atom is -0.340 e. The zero-order valence-corrected chi connectivity index (χ0v) is 15.3. The Kier molecular flexibility index (Phi) is 5.88. The van der Waals surface area contributed by atoms with Crippen molar-refractivity contribution in [2.45, 2.75) is 20.4 Å². The van der Waals surface area contributed by atoms with Gasteiger partial charge in [-0.3, -0.25) is 9.69 Å². The fraction of sp³-hybridized carbons (Fsp3) is 0.333. The summed E-state index contributed by atoms with van der Waals surface area (Å²) in [7, 11) is 0. The highest BCUT2D eigenvalue weighted by Crippen LogP contribution is 2.21. The summed E-state index contributed by atoms with van der Waals surface area (Å²) < 4.78 is 0. The first kappa shape index (κ1) is 18.0. The van der Waals surface area contributed by atoms with Gasteiger partial charge in [0.05, 0.1) is 0 Å². The van der Waals surface area contributed by atoms with Crippen LogP contribution in [0.5, 0.6) is 0 Å². The lowest BCUT2D eigenvalue weighted by atomic mass is 10.1. The van der Waals surface area contributed by atoms with Crippen LogP contribution in [0.25, 0.3) is 0 Å². The molecule has 2 heterocycles. The molecular weight excluding hydrogens is 324 g/mol. The van der Waals surface area contributed by atoms with Crippen molar-refractivity contribution in [1.29, 1.82) is 0 Å². The number of hydrogen-bond donors (Lipinski definition) is 1. The molecule has 0 aliphatic carbocycles. The number of pyridine rings is 1. The van der Waals surface area contributed by atoms with E-state index in [9.17, 15) is 4.79 Å². The van der Waals surface area contributed by atoms with Gasteiger partial charge in [0.2, 0.25) is 5.91 Å². The van der Waals surface area contributed by atoms with E-state index >= 15 is 0 Å². The van der Waals surface area contributed by atoms with Crippen LogP contribution in [0.3, 0.4) is 0 Å². The van der Waals surface area contributed by atoms with Crippen LogP contribution in [0, 0.1) is 11.8 Å². The maximum atomic E-state index is 11.5. The van der Waals surface area contributed by atoms with E-state index in [0.717, 1.165) is 55.4 Å². The van der Waals surface area contributed by atoms with E-state index in [1.807, 2.05) is 42.2 Å². The van der Waals surface area contributed by atoms with E-state index in [-0.39, 0.29) is 5.91 Å². The van der Waals surface area contributed by atoms with E-state index in [1.54, 1.807) is 13.1 Å². The molecule has 2 aromatic rings. The van der Waals surface area contributed by atoms with Crippen LogP contribution in [0.15, 0.2) is 42.6 Å². The Morgan fingerprint density at radius 3 is 2.58 bits per heavy atom. The fourth-order valence-corrected chi connectivity index (χ4v) is 3.08. The van der Waals surface area contributed by atoms with Gasteiger partial charge in [-0.25, -0.2) is 4.98 Å². The molecule has 1 saturated heterocycles. The number of amides is 1. The summed E-state index contributed by atoms with van der Waals surface area (Å²) in [6.45, 7) is 7.54. The van der Waals surface area contributed by atoms with Crippen molar-refractivity contribution < 1.29 is 4.79 Å². The molecule has 1 aromatic carbocycles. The van der Waals surface area contributed by atoms with Crippen LogP contribution >= 0.6 is 0 Å². The number of benzene rings is 1. The lowest BCUT2D eigenvalue weighted by molar-refractivity contribution is -0.130. The van der Waals surface area contributed by atoms with E-state index in [4.69, 9.17) is 0 Å². The van der Waals surface area contributed by atoms with Gasteiger partial charge in [-0.1, -0.05) is 24.1 Å². The van der Waals surface area contributed by atoms with Crippen LogP contribution in [0.2, 0.25) is 0 Å². The van der Waals surface area contributed by atoms with Crippen molar-refractivity contribution in [3.8, 4) is 11.8 Å². The van der Waals surface area contributed by atoms with Crippen molar-refractivity contribution >= 4 is 17.4 Å². The number of para-hydroxylation sites is 1. The summed E-state index contributed by atoms with van der Waals surface area (Å²) in [5.41, 5.74) is 3.05. The van der Waals surface area contributed by atoms with Gasteiger partial charge >= 0.3 is 0 Å². The predicted octanol–water partition coefficient (Wildman–Crippen LogP) is 2.86. The first-order valence-corrected chi connectivity index (χ1v) is 8.87. The van der Waals surface area contributed by atoms with Gasteiger partial charge < -0.3 is 10.2 Å². The molecule has 0 unspecified atom stereocenters. The minimum atomic E-state index is 0.151. The Hall–Kier alpha value is -2.84. The molecular formula is C21H24N4O. The Balaban J connectivity index is 1.78. The number of carbonyl (C=O) groups excluding carboxylic acids is 1. The second-order valence-corrected chi connectivity index (χ2v) is 6.38. The second kappa shape index (κ2) is 8.50. The summed E-state index contributed by atoms with van der Waals surface area (Å²) in [6.07, 6.45) is 1.80. The van der Waals surface area contributed by atoms with E-state index in [2.05, 4.69) is 33.1 Å². The highest BCUT2D eigenvalue weighted by molar-refractivity contribution is 5.73. The van der Waals surface area contributed by atoms with Crippen molar-refractivity contribution in [3.63, 3.8) is 0 Å². The summed E-state index contributed by atoms with van der Waals surface area (Å²) >= 11 is 0. The number of hydrogen-bond acceptors (Lipinski definition) is 4. The molecule has 134 valence electrons. The molecule has 0 bridgehead atoms. The fourth-order valence-electron chi connectivity index (χ4n) is 3.08. The van der Waals surface area contributed by atoms with Crippen molar-refractivity contribution in [2.24, 2.45) is 0 Å². The molecule has 1 aromatic heterocycles. The Morgan fingerprint density at radius 1 is 1.19 bits per heavy atom. The number of rotatable bonds is 4. The summed E-state index contributed by atoms with van der Waals surface area (Å²) in [5.74, 6) is 7.03. The topological polar surface area (TPSA) is 48.5 Å². The lowest BCUT2D eigenvalue weighted by Gasteiger charge is -2.34. The summed E-state index contributed by atoms with van der Waals surface area (Å²) in [5, 5.41) is 3.41. The average molecular weight is 348 g/mol. The molecule has 1 aliphatic heterocycles. The monoisotopic (exact) mass is 348 g/mol. The van der Waals surface area contributed by atoms with Crippen LogP contribution in [-0.2, 0) is 11.3 Å².